The van der Waals surface area contributed by atoms with Crippen LogP contribution in [0.25, 0.3) is 0 Å². The molecule has 3 N–H and O–H groups in total. The second-order valence-corrected chi connectivity index (χ2v) is 5.09. The monoisotopic (exact) mass is 275 g/mol. The molecule has 0 aromatic heterocycles. The lowest BCUT2D eigenvalue weighted by Crippen LogP contribution is -2.48. The van der Waals surface area contributed by atoms with Gasteiger partial charge >= 0.3 is 0 Å². The van der Waals surface area contributed by atoms with Crippen LogP contribution in [0.1, 0.15) is 12.0 Å². The van der Waals surface area contributed by atoms with Gasteiger partial charge in [0.2, 0.25) is 11.8 Å². The SMILES string of the molecule is O=C(CCNC(=O)Cc1ccccc1)NCC1CNC1. The first-order chi connectivity index (χ1) is 9.74. The highest BCUT2D eigenvalue weighted by atomic mass is 16.2. The van der Waals surface area contributed by atoms with Crippen LogP contribution >= 0.6 is 0 Å². The van der Waals surface area contributed by atoms with Gasteiger partial charge in [-0.05, 0) is 5.56 Å². The molecule has 108 valence electrons. The van der Waals surface area contributed by atoms with Crippen LogP contribution in [0.2, 0.25) is 0 Å². The molecule has 0 saturated carbocycles. The third kappa shape index (κ3) is 5.01. The van der Waals surface area contributed by atoms with Gasteiger partial charge in [-0.2, -0.15) is 0 Å². The zero-order valence-corrected chi connectivity index (χ0v) is 11.5. The number of benzene rings is 1. The van der Waals surface area contributed by atoms with Crippen molar-refractivity contribution >= 4 is 11.8 Å². The van der Waals surface area contributed by atoms with E-state index in [0.717, 1.165) is 25.2 Å². The smallest absolute Gasteiger partial charge is 0.224 e. The molecule has 1 heterocycles. The summed E-state index contributed by atoms with van der Waals surface area (Å²) >= 11 is 0. The van der Waals surface area contributed by atoms with Gasteiger partial charge in [-0.3, -0.25) is 9.59 Å². The quantitative estimate of drug-likeness (QED) is 0.659. The number of hydrogen-bond donors (Lipinski definition) is 3. The van der Waals surface area contributed by atoms with Crippen LogP contribution in [-0.2, 0) is 16.0 Å². The molecule has 5 nitrogen and oxygen atoms in total. The molecule has 0 unspecified atom stereocenters. The number of amides is 2. The van der Waals surface area contributed by atoms with Crippen molar-refractivity contribution < 1.29 is 9.59 Å². The van der Waals surface area contributed by atoms with E-state index in [-0.39, 0.29) is 11.8 Å². The van der Waals surface area contributed by atoms with Crippen molar-refractivity contribution in [1.82, 2.24) is 16.0 Å². The second kappa shape index (κ2) is 7.65. The van der Waals surface area contributed by atoms with Crippen molar-refractivity contribution in [2.24, 2.45) is 5.92 Å². The van der Waals surface area contributed by atoms with E-state index in [1.54, 1.807) is 0 Å². The standard InChI is InChI=1S/C15H21N3O2/c19-14(18-11-13-9-16-10-13)6-7-17-15(20)8-12-4-2-1-3-5-12/h1-5,13,16H,6-11H2,(H,17,20)(H,18,19). The predicted molar refractivity (Wildman–Crippen MR) is 77.1 cm³/mol. The molecule has 1 saturated heterocycles. The Bertz CT molecular complexity index is 444. The molecule has 0 spiro atoms. The lowest BCUT2D eigenvalue weighted by Gasteiger charge is -2.27. The highest BCUT2D eigenvalue weighted by Crippen LogP contribution is 2.00. The number of nitrogens with one attached hydrogen (secondary N) is 3. The Morgan fingerprint density at radius 2 is 1.85 bits per heavy atom. The maximum absolute atomic E-state index is 11.7. The molecule has 2 amide bonds. The van der Waals surface area contributed by atoms with Gasteiger partial charge in [0.25, 0.3) is 0 Å². The summed E-state index contributed by atoms with van der Waals surface area (Å²) in [5.41, 5.74) is 0.979. The molecule has 20 heavy (non-hydrogen) atoms. The summed E-state index contributed by atoms with van der Waals surface area (Å²) in [6, 6.07) is 9.57. The fourth-order valence-electron chi connectivity index (χ4n) is 2.00. The zero-order chi connectivity index (χ0) is 14.2. The van der Waals surface area contributed by atoms with Crippen LogP contribution in [0.5, 0.6) is 0 Å². The van der Waals surface area contributed by atoms with Crippen LogP contribution in [0.4, 0.5) is 0 Å². The molecular weight excluding hydrogens is 254 g/mol. The van der Waals surface area contributed by atoms with Gasteiger partial charge in [-0.25, -0.2) is 0 Å². The third-order valence-electron chi connectivity index (χ3n) is 3.34. The first kappa shape index (κ1) is 14.5. The van der Waals surface area contributed by atoms with Crippen molar-refractivity contribution in [3.05, 3.63) is 35.9 Å². The molecule has 2 rings (SSSR count). The molecule has 0 atom stereocenters. The first-order valence-electron chi connectivity index (χ1n) is 7.02. The fourth-order valence-corrected chi connectivity index (χ4v) is 2.00. The van der Waals surface area contributed by atoms with E-state index < -0.39 is 0 Å². The highest BCUT2D eigenvalue weighted by Gasteiger charge is 2.16. The Hall–Kier alpha value is -1.88. The van der Waals surface area contributed by atoms with Gasteiger partial charge in [-0.15, -0.1) is 0 Å². The fraction of sp³-hybridized carbons (Fsp3) is 0.467. The summed E-state index contributed by atoms with van der Waals surface area (Å²) in [6.07, 6.45) is 0.691. The highest BCUT2D eigenvalue weighted by molar-refractivity contribution is 5.80. The summed E-state index contributed by atoms with van der Waals surface area (Å²) in [4.78, 5) is 23.2. The largest absolute Gasteiger partial charge is 0.356 e. The Morgan fingerprint density at radius 1 is 1.10 bits per heavy atom. The van der Waals surface area contributed by atoms with E-state index >= 15 is 0 Å². The lowest BCUT2D eigenvalue weighted by molar-refractivity contribution is -0.122. The van der Waals surface area contributed by atoms with E-state index in [0.29, 0.717) is 25.3 Å². The van der Waals surface area contributed by atoms with Crippen LogP contribution in [0.15, 0.2) is 30.3 Å². The van der Waals surface area contributed by atoms with Crippen molar-refractivity contribution in [1.29, 1.82) is 0 Å². The topological polar surface area (TPSA) is 70.2 Å². The van der Waals surface area contributed by atoms with Crippen molar-refractivity contribution in [2.75, 3.05) is 26.2 Å². The minimum Gasteiger partial charge on any atom is -0.356 e. The summed E-state index contributed by atoms with van der Waals surface area (Å²) in [6.45, 7) is 3.08. The van der Waals surface area contributed by atoms with E-state index in [1.807, 2.05) is 30.3 Å². The maximum atomic E-state index is 11.7. The minimum atomic E-state index is -0.0489. The van der Waals surface area contributed by atoms with E-state index in [1.165, 1.54) is 0 Å². The van der Waals surface area contributed by atoms with Gasteiger partial charge in [0.1, 0.15) is 0 Å². The van der Waals surface area contributed by atoms with Crippen LogP contribution in [-0.4, -0.2) is 38.0 Å². The van der Waals surface area contributed by atoms with Crippen molar-refractivity contribution in [3.8, 4) is 0 Å². The first-order valence-corrected chi connectivity index (χ1v) is 7.02. The molecule has 1 aromatic carbocycles. The molecule has 1 aliphatic heterocycles. The molecule has 1 aromatic rings. The Kier molecular flexibility index (Phi) is 5.55. The van der Waals surface area contributed by atoms with E-state index in [9.17, 15) is 9.59 Å². The molecule has 0 radical (unpaired) electrons. The van der Waals surface area contributed by atoms with Gasteiger partial charge in [-0.1, -0.05) is 30.3 Å². The predicted octanol–water partition coefficient (Wildman–Crippen LogP) is 0.0710. The maximum Gasteiger partial charge on any atom is 0.224 e. The van der Waals surface area contributed by atoms with Crippen molar-refractivity contribution in [2.45, 2.75) is 12.8 Å². The molecule has 0 bridgehead atoms. The molecular formula is C15H21N3O2. The summed E-state index contributed by atoms with van der Waals surface area (Å²) < 4.78 is 0. The average molecular weight is 275 g/mol. The summed E-state index contributed by atoms with van der Waals surface area (Å²) in [5.74, 6) is 0.510. The van der Waals surface area contributed by atoms with Gasteiger partial charge in [0.05, 0.1) is 6.42 Å². The number of hydrogen-bond acceptors (Lipinski definition) is 3. The number of carbonyl (C=O) groups is 2. The van der Waals surface area contributed by atoms with Crippen LogP contribution in [0.3, 0.4) is 0 Å². The van der Waals surface area contributed by atoms with Gasteiger partial charge in [0, 0.05) is 38.5 Å². The molecule has 5 heteroatoms. The van der Waals surface area contributed by atoms with Gasteiger partial charge < -0.3 is 16.0 Å². The number of rotatable bonds is 7. The van der Waals surface area contributed by atoms with Crippen LogP contribution in [0, 0.1) is 5.92 Å². The van der Waals surface area contributed by atoms with Gasteiger partial charge in [0.15, 0.2) is 0 Å². The third-order valence-corrected chi connectivity index (χ3v) is 3.34. The summed E-state index contributed by atoms with van der Waals surface area (Å²) in [5, 5.41) is 8.80. The Morgan fingerprint density at radius 3 is 2.50 bits per heavy atom. The van der Waals surface area contributed by atoms with Crippen LogP contribution < -0.4 is 16.0 Å². The lowest BCUT2D eigenvalue weighted by atomic mass is 10.0. The Labute approximate surface area is 119 Å². The summed E-state index contributed by atoms with van der Waals surface area (Å²) in [7, 11) is 0. The average Bonchev–Trinajstić information content (AvgIpc) is 2.38. The molecule has 0 aliphatic carbocycles. The zero-order valence-electron chi connectivity index (χ0n) is 11.5. The molecule has 1 fully saturated rings. The minimum absolute atomic E-state index is 0.00286. The van der Waals surface area contributed by atoms with E-state index in [2.05, 4.69) is 16.0 Å². The number of carbonyl (C=O) groups excluding carboxylic acids is 2. The molecule has 1 aliphatic rings. The Balaban J connectivity index is 1.55. The normalized spacial score (nSPS) is 14.4. The van der Waals surface area contributed by atoms with Crippen molar-refractivity contribution in [3.63, 3.8) is 0 Å². The van der Waals surface area contributed by atoms with E-state index in [4.69, 9.17) is 0 Å². The second-order valence-electron chi connectivity index (χ2n) is 5.09.